The largest absolute Gasteiger partial charge is 0.324 e. The van der Waals surface area contributed by atoms with Crippen LogP contribution in [0, 0.1) is 5.82 Å². The SMILES string of the molecule is CCc1ccc(C(N)Cc2cccc(F)c2)cc1CC. The van der Waals surface area contributed by atoms with Gasteiger partial charge in [0.05, 0.1) is 0 Å². The fourth-order valence-electron chi connectivity index (χ4n) is 2.59. The lowest BCUT2D eigenvalue weighted by Gasteiger charge is -2.15. The minimum Gasteiger partial charge on any atom is -0.324 e. The van der Waals surface area contributed by atoms with Crippen molar-refractivity contribution in [3.63, 3.8) is 0 Å². The quantitative estimate of drug-likeness (QED) is 0.867. The van der Waals surface area contributed by atoms with Crippen LogP contribution in [0.4, 0.5) is 4.39 Å². The summed E-state index contributed by atoms with van der Waals surface area (Å²) in [6, 6.07) is 13.0. The van der Waals surface area contributed by atoms with Crippen molar-refractivity contribution in [3.05, 3.63) is 70.5 Å². The molecule has 106 valence electrons. The Morgan fingerprint density at radius 3 is 2.40 bits per heavy atom. The Kier molecular flexibility index (Phi) is 4.91. The Labute approximate surface area is 120 Å². The topological polar surface area (TPSA) is 26.0 Å². The van der Waals surface area contributed by atoms with Gasteiger partial charge in [0.15, 0.2) is 0 Å². The van der Waals surface area contributed by atoms with Gasteiger partial charge in [0.2, 0.25) is 0 Å². The number of benzene rings is 2. The molecular weight excluding hydrogens is 249 g/mol. The van der Waals surface area contributed by atoms with E-state index in [1.807, 2.05) is 6.07 Å². The third-order valence-electron chi connectivity index (χ3n) is 3.76. The first-order chi connectivity index (χ1) is 9.63. The fraction of sp³-hybridized carbons (Fsp3) is 0.333. The molecule has 0 heterocycles. The van der Waals surface area contributed by atoms with E-state index in [1.165, 1.54) is 17.2 Å². The van der Waals surface area contributed by atoms with Gasteiger partial charge in [0.25, 0.3) is 0 Å². The van der Waals surface area contributed by atoms with Gasteiger partial charge in [-0.15, -0.1) is 0 Å². The van der Waals surface area contributed by atoms with E-state index in [2.05, 4.69) is 32.0 Å². The minimum atomic E-state index is -0.203. The predicted octanol–water partition coefficient (Wildman–Crippen LogP) is 4.19. The molecule has 2 aromatic rings. The molecule has 0 radical (unpaired) electrons. The number of hydrogen-bond acceptors (Lipinski definition) is 1. The molecule has 2 N–H and O–H groups in total. The molecule has 1 unspecified atom stereocenters. The zero-order valence-corrected chi connectivity index (χ0v) is 12.2. The summed E-state index contributed by atoms with van der Waals surface area (Å²) in [4.78, 5) is 0. The standard InChI is InChI=1S/C18H22FN/c1-3-14-8-9-16(12-15(14)4-2)18(20)11-13-6-5-7-17(19)10-13/h5-10,12,18H,3-4,11,20H2,1-2H3. The molecule has 20 heavy (non-hydrogen) atoms. The lowest BCUT2D eigenvalue weighted by molar-refractivity contribution is 0.622. The molecule has 0 saturated carbocycles. The van der Waals surface area contributed by atoms with Crippen molar-refractivity contribution in [1.29, 1.82) is 0 Å². The van der Waals surface area contributed by atoms with Crippen LogP contribution in [0.15, 0.2) is 42.5 Å². The maximum atomic E-state index is 13.2. The molecule has 2 heteroatoms. The van der Waals surface area contributed by atoms with E-state index in [0.717, 1.165) is 24.0 Å². The Hall–Kier alpha value is -1.67. The number of halogens is 1. The molecule has 1 nitrogen and oxygen atoms in total. The summed E-state index contributed by atoms with van der Waals surface area (Å²) in [6.07, 6.45) is 2.72. The molecule has 0 aliphatic carbocycles. The van der Waals surface area contributed by atoms with Crippen LogP contribution in [0.25, 0.3) is 0 Å². The third-order valence-corrected chi connectivity index (χ3v) is 3.76. The van der Waals surface area contributed by atoms with Gasteiger partial charge in [-0.25, -0.2) is 4.39 Å². The van der Waals surface area contributed by atoms with E-state index >= 15 is 0 Å². The molecule has 2 aromatic carbocycles. The van der Waals surface area contributed by atoms with Gasteiger partial charge in [0.1, 0.15) is 5.82 Å². The first-order valence-electron chi connectivity index (χ1n) is 7.25. The minimum absolute atomic E-state index is 0.0898. The highest BCUT2D eigenvalue weighted by Crippen LogP contribution is 2.21. The van der Waals surface area contributed by atoms with Crippen LogP contribution in [0.2, 0.25) is 0 Å². The van der Waals surface area contributed by atoms with Crippen LogP contribution in [-0.4, -0.2) is 0 Å². The predicted molar refractivity (Wildman–Crippen MR) is 82.2 cm³/mol. The first kappa shape index (κ1) is 14.7. The van der Waals surface area contributed by atoms with Gasteiger partial charge in [-0.05, 0) is 53.6 Å². The molecule has 0 amide bonds. The Morgan fingerprint density at radius 2 is 1.75 bits per heavy atom. The number of aryl methyl sites for hydroxylation is 2. The lowest BCUT2D eigenvalue weighted by atomic mass is 9.94. The monoisotopic (exact) mass is 271 g/mol. The van der Waals surface area contributed by atoms with Gasteiger partial charge in [-0.3, -0.25) is 0 Å². The smallest absolute Gasteiger partial charge is 0.123 e. The molecular formula is C18H22FN. The van der Waals surface area contributed by atoms with E-state index in [9.17, 15) is 4.39 Å². The zero-order chi connectivity index (χ0) is 14.5. The molecule has 0 saturated heterocycles. The number of nitrogens with two attached hydrogens (primary N) is 1. The van der Waals surface area contributed by atoms with E-state index in [4.69, 9.17) is 5.73 Å². The Morgan fingerprint density at radius 1 is 1.00 bits per heavy atom. The highest BCUT2D eigenvalue weighted by molar-refractivity contribution is 5.34. The number of rotatable bonds is 5. The van der Waals surface area contributed by atoms with Gasteiger partial charge in [0, 0.05) is 6.04 Å². The van der Waals surface area contributed by atoms with Crippen LogP contribution in [0.1, 0.15) is 42.1 Å². The van der Waals surface area contributed by atoms with Crippen molar-refractivity contribution < 1.29 is 4.39 Å². The molecule has 1 atom stereocenters. The van der Waals surface area contributed by atoms with Gasteiger partial charge in [-0.1, -0.05) is 44.2 Å². The maximum Gasteiger partial charge on any atom is 0.123 e. The maximum absolute atomic E-state index is 13.2. The van der Waals surface area contributed by atoms with Crippen molar-refractivity contribution in [3.8, 4) is 0 Å². The van der Waals surface area contributed by atoms with Crippen molar-refractivity contribution in [1.82, 2.24) is 0 Å². The molecule has 0 aromatic heterocycles. The summed E-state index contributed by atoms with van der Waals surface area (Å²) < 4.78 is 13.2. The van der Waals surface area contributed by atoms with Crippen molar-refractivity contribution in [2.24, 2.45) is 5.73 Å². The summed E-state index contributed by atoms with van der Waals surface area (Å²) >= 11 is 0. The molecule has 0 aliphatic rings. The summed E-state index contributed by atoms with van der Waals surface area (Å²) in [5, 5.41) is 0. The van der Waals surface area contributed by atoms with Gasteiger partial charge < -0.3 is 5.73 Å². The highest BCUT2D eigenvalue weighted by atomic mass is 19.1. The second kappa shape index (κ2) is 6.67. The van der Waals surface area contributed by atoms with E-state index in [0.29, 0.717) is 6.42 Å². The van der Waals surface area contributed by atoms with Crippen molar-refractivity contribution in [2.45, 2.75) is 39.2 Å². The summed E-state index contributed by atoms with van der Waals surface area (Å²) in [5.41, 5.74) is 11.1. The van der Waals surface area contributed by atoms with E-state index in [1.54, 1.807) is 12.1 Å². The van der Waals surface area contributed by atoms with Crippen molar-refractivity contribution in [2.75, 3.05) is 0 Å². The second-order valence-corrected chi connectivity index (χ2v) is 5.18. The fourth-order valence-corrected chi connectivity index (χ4v) is 2.59. The Bertz CT molecular complexity index is 577. The molecule has 0 spiro atoms. The molecule has 0 bridgehead atoms. The number of hydrogen-bond donors (Lipinski definition) is 1. The molecule has 0 fully saturated rings. The highest BCUT2D eigenvalue weighted by Gasteiger charge is 2.10. The average molecular weight is 271 g/mol. The molecule has 0 aliphatic heterocycles. The second-order valence-electron chi connectivity index (χ2n) is 5.18. The van der Waals surface area contributed by atoms with Gasteiger partial charge >= 0.3 is 0 Å². The van der Waals surface area contributed by atoms with Crippen molar-refractivity contribution >= 4 is 0 Å². The van der Waals surface area contributed by atoms with Crippen LogP contribution >= 0.6 is 0 Å². The van der Waals surface area contributed by atoms with Crippen LogP contribution in [0.3, 0.4) is 0 Å². The van der Waals surface area contributed by atoms with E-state index in [-0.39, 0.29) is 11.9 Å². The third kappa shape index (κ3) is 3.45. The van der Waals surface area contributed by atoms with Crippen LogP contribution in [-0.2, 0) is 19.3 Å². The Balaban J connectivity index is 2.18. The summed E-state index contributed by atoms with van der Waals surface area (Å²) in [7, 11) is 0. The summed E-state index contributed by atoms with van der Waals surface area (Å²) in [6.45, 7) is 4.33. The van der Waals surface area contributed by atoms with Crippen LogP contribution in [0.5, 0.6) is 0 Å². The van der Waals surface area contributed by atoms with Crippen LogP contribution < -0.4 is 5.73 Å². The lowest BCUT2D eigenvalue weighted by Crippen LogP contribution is -2.14. The zero-order valence-electron chi connectivity index (χ0n) is 12.2. The average Bonchev–Trinajstić information content (AvgIpc) is 2.46. The van der Waals surface area contributed by atoms with E-state index < -0.39 is 0 Å². The molecule has 2 rings (SSSR count). The van der Waals surface area contributed by atoms with Gasteiger partial charge in [-0.2, -0.15) is 0 Å². The summed E-state index contributed by atoms with van der Waals surface area (Å²) in [5.74, 6) is -0.203. The first-order valence-corrected chi connectivity index (χ1v) is 7.25. The normalized spacial score (nSPS) is 12.4.